The van der Waals surface area contributed by atoms with E-state index in [4.69, 9.17) is 11.6 Å². The summed E-state index contributed by atoms with van der Waals surface area (Å²) in [6, 6.07) is 5.65. The summed E-state index contributed by atoms with van der Waals surface area (Å²) in [6.45, 7) is 3.73. The number of aromatic nitrogens is 2. The summed E-state index contributed by atoms with van der Waals surface area (Å²) < 4.78 is 2.43. The highest BCUT2D eigenvalue weighted by molar-refractivity contribution is 7.19. The molecule has 2 aromatic rings. The number of nitrogens with one attached hydrogen (secondary N) is 2. The van der Waals surface area contributed by atoms with Gasteiger partial charge >= 0.3 is 6.03 Å². The zero-order valence-corrected chi connectivity index (χ0v) is 15.1. The molecule has 2 fully saturated rings. The SMILES string of the molecule is Cn1nc(-c2ccc(Cl)s2)cc1NC(=O)N1CCC2(CCNC2)C1. The van der Waals surface area contributed by atoms with Crippen LogP contribution in [0.1, 0.15) is 12.8 Å². The molecule has 4 rings (SSSR count). The van der Waals surface area contributed by atoms with Crippen molar-refractivity contribution in [3.63, 3.8) is 0 Å². The molecule has 128 valence electrons. The fraction of sp³-hybridized carbons (Fsp3) is 0.500. The Morgan fingerprint density at radius 1 is 1.46 bits per heavy atom. The number of nitrogens with zero attached hydrogens (tertiary/aromatic N) is 3. The quantitative estimate of drug-likeness (QED) is 0.859. The number of carbonyl (C=O) groups excluding carboxylic acids is 1. The standard InChI is InChI=1S/C16H20ClN5OS/c1-21-14(8-11(20-21)12-2-3-13(17)24-12)19-15(23)22-7-5-16(10-22)4-6-18-9-16/h2-3,8,18H,4-7,9-10H2,1H3,(H,19,23). The summed E-state index contributed by atoms with van der Waals surface area (Å²) in [4.78, 5) is 15.5. The van der Waals surface area contributed by atoms with Gasteiger partial charge in [-0.1, -0.05) is 11.6 Å². The second-order valence-electron chi connectivity index (χ2n) is 6.67. The molecule has 2 aromatic heterocycles. The zero-order chi connectivity index (χ0) is 16.7. The van der Waals surface area contributed by atoms with Gasteiger partial charge in [0.25, 0.3) is 0 Å². The van der Waals surface area contributed by atoms with Gasteiger partial charge in [-0.05, 0) is 31.5 Å². The van der Waals surface area contributed by atoms with Crippen LogP contribution >= 0.6 is 22.9 Å². The smallest absolute Gasteiger partial charge is 0.323 e. The van der Waals surface area contributed by atoms with E-state index in [2.05, 4.69) is 15.7 Å². The number of anilines is 1. The van der Waals surface area contributed by atoms with Gasteiger partial charge in [-0.3, -0.25) is 10.00 Å². The Bertz CT molecular complexity index is 764. The van der Waals surface area contributed by atoms with Crippen molar-refractivity contribution in [3.8, 4) is 10.6 Å². The van der Waals surface area contributed by atoms with Gasteiger partial charge < -0.3 is 10.2 Å². The second-order valence-corrected chi connectivity index (χ2v) is 8.39. The van der Waals surface area contributed by atoms with E-state index in [0.29, 0.717) is 5.82 Å². The van der Waals surface area contributed by atoms with Gasteiger partial charge in [0.1, 0.15) is 11.5 Å². The molecule has 2 aliphatic heterocycles. The average Bonchev–Trinajstić information content (AvgIpc) is 3.31. The Morgan fingerprint density at radius 3 is 3.04 bits per heavy atom. The van der Waals surface area contributed by atoms with Gasteiger partial charge in [0.15, 0.2) is 0 Å². The van der Waals surface area contributed by atoms with Crippen molar-refractivity contribution in [2.75, 3.05) is 31.5 Å². The van der Waals surface area contributed by atoms with Crippen LogP contribution in [-0.4, -0.2) is 46.9 Å². The number of carbonyl (C=O) groups is 1. The van der Waals surface area contributed by atoms with Crippen molar-refractivity contribution >= 4 is 34.8 Å². The number of hydrogen-bond donors (Lipinski definition) is 2. The van der Waals surface area contributed by atoms with Crippen molar-refractivity contribution in [2.45, 2.75) is 12.8 Å². The predicted octanol–water partition coefficient (Wildman–Crippen LogP) is 3.02. The Kier molecular flexibility index (Phi) is 4.02. The van der Waals surface area contributed by atoms with E-state index in [0.717, 1.165) is 53.9 Å². The predicted molar refractivity (Wildman–Crippen MR) is 96.7 cm³/mol. The van der Waals surface area contributed by atoms with Crippen molar-refractivity contribution in [3.05, 3.63) is 22.5 Å². The third-order valence-electron chi connectivity index (χ3n) is 5.00. The Morgan fingerprint density at radius 2 is 2.33 bits per heavy atom. The molecule has 6 nitrogen and oxygen atoms in total. The number of aryl methyl sites for hydroxylation is 1. The van der Waals surface area contributed by atoms with Crippen LogP contribution < -0.4 is 10.6 Å². The van der Waals surface area contributed by atoms with E-state index in [9.17, 15) is 4.79 Å². The van der Waals surface area contributed by atoms with E-state index >= 15 is 0 Å². The Labute approximate surface area is 149 Å². The van der Waals surface area contributed by atoms with Gasteiger partial charge in [-0.25, -0.2) is 4.79 Å². The first kappa shape index (κ1) is 15.9. The highest BCUT2D eigenvalue weighted by Crippen LogP contribution is 2.36. The minimum atomic E-state index is -0.0439. The van der Waals surface area contributed by atoms with Crippen molar-refractivity contribution in [1.29, 1.82) is 0 Å². The summed E-state index contributed by atoms with van der Waals surface area (Å²) >= 11 is 7.47. The lowest BCUT2D eigenvalue weighted by Crippen LogP contribution is -2.36. The molecule has 0 radical (unpaired) electrons. The van der Waals surface area contributed by atoms with Crippen molar-refractivity contribution in [1.82, 2.24) is 20.0 Å². The van der Waals surface area contributed by atoms with Gasteiger partial charge in [-0.2, -0.15) is 5.10 Å². The van der Waals surface area contributed by atoms with Crippen LogP contribution in [0.4, 0.5) is 10.6 Å². The van der Waals surface area contributed by atoms with E-state index in [1.165, 1.54) is 11.3 Å². The third-order valence-corrected chi connectivity index (χ3v) is 6.25. The number of thiophene rings is 1. The summed E-state index contributed by atoms with van der Waals surface area (Å²) in [6.07, 6.45) is 2.24. The van der Waals surface area contributed by atoms with Crippen LogP contribution in [0.3, 0.4) is 0 Å². The highest BCUT2D eigenvalue weighted by atomic mass is 35.5. The minimum absolute atomic E-state index is 0.0439. The molecule has 0 bridgehead atoms. The molecular formula is C16H20ClN5OS. The fourth-order valence-corrected chi connectivity index (χ4v) is 4.60. The van der Waals surface area contributed by atoms with Crippen LogP contribution in [0.2, 0.25) is 4.34 Å². The number of amides is 2. The van der Waals surface area contributed by atoms with Gasteiger partial charge in [0.05, 0.1) is 9.21 Å². The molecule has 0 saturated carbocycles. The summed E-state index contributed by atoms with van der Waals surface area (Å²) in [5, 5.41) is 10.9. The molecule has 2 amide bonds. The minimum Gasteiger partial charge on any atom is -0.324 e. The first-order valence-electron chi connectivity index (χ1n) is 8.11. The average molecular weight is 366 g/mol. The topological polar surface area (TPSA) is 62.2 Å². The summed E-state index contributed by atoms with van der Waals surface area (Å²) in [7, 11) is 1.83. The molecule has 8 heteroatoms. The fourth-order valence-electron chi connectivity index (χ4n) is 3.60. The van der Waals surface area contributed by atoms with Gasteiger partial charge in [0, 0.05) is 38.2 Å². The zero-order valence-electron chi connectivity index (χ0n) is 13.5. The Balaban J connectivity index is 1.45. The van der Waals surface area contributed by atoms with Gasteiger partial charge in [-0.15, -0.1) is 11.3 Å². The maximum absolute atomic E-state index is 12.6. The number of urea groups is 1. The lowest BCUT2D eigenvalue weighted by atomic mass is 9.87. The molecule has 1 atom stereocenters. The van der Waals surface area contributed by atoms with Crippen LogP contribution in [0, 0.1) is 5.41 Å². The second kappa shape index (κ2) is 6.06. The maximum atomic E-state index is 12.6. The van der Waals surface area contributed by atoms with Crippen molar-refractivity contribution in [2.24, 2.45) is 12.5 Å². The first-order chi connectivity index (χ1) is 11.5. The molecule has 2 saturated heterocycles. The number of hydrogen-bond acceptors (Lipinski definition) is 4. The highest BCUT2D eigenvalue weighted by Gasteiger charge is 2.41. The molecule has 0 aliphatic carbocycles. The largest absolute Gasteiger partial charge is 0.324 e. The normalized spacial score (nSPS) is 23.3. The summed E-state index contributed by atoms with van der Waals surface area (Å²) in [5.74, 6) is 0.699. The monoisotopic (exact) mass is 365 g/mol. The Hall–Kier alpha value is -1.57. The van der Waals surface area contributed by atoms with E-state index < -0.39 is 0 Å². The van der Waals surface area contributed by atoms with E-state index in [1.807, 2.05) is 30.1 Å². The van der Waals surface area contributed by atoms with Crippen LogP contribution in [-0.2, 0) is 7.05 Å². The molecule has 1 unspecified atom stereocenters. The number of rotatable bonds is 2. The number of halogens is 1. The molecule has 24 heavy (non-hydrogen) atoms. The molecule has 4 heterocycles. The lowest BCUT2D eigenvalue weighted by molar-refractivity contribution is 0.215. The van der Waals surface area contributed by atoms with E-state index in [-0.39, 0.29) is 11.4 Å². The molecule has 2 aliphatic rings. The van der Waals surface area contributed by atoms with E-state index in [1.54, 1.807) is 4.68 Å². The third kappa shape index (κ3) is 2.92. The molecule has 1 spiro atoms. The van der Waals surface area contributed by atoms with Crippen LogP contribution in [0.25, 0.3) is 10.6 Å². The van der Waals surface area contributed by atoms with Gasteiger partial charge in [0.2, 0.25) is 0 Å². The number of likely N-dealkylation sites (tertiary alicyclic amines) is 1. The first-order valence-corrected chi connectivity index (χ1v) is 9.31. The lowest BCUT2D eigenvalue weighted by Gasteiger charge is -2.22. The van der Waals surface area contributed by atoms with Crippen molar-refractivity contribution < 1.29 is 4.79 Å². The summed E-state index contributed by atoms with van der Waals surface area (Å²) in [5.41, 5.74) is 1.10. The van der Waals surface area contributed by atoms with Crippen LogP contribution in [0.5, 0.6) is 0 Å². The molecule has 2 N–H and O–H groups in total. The molecular weight excluding hydrogens is 346 g/mol. The molecule has 0 aromatic carbocycles. The maximum Gasteiger partial charge on any atom is 0.323 e. The van der Waals surface area contributed by atoms with Crippen LogP contribution in [0.15, 0.2) is 18.2 Å².